The highest BCUT2D eigenvalue weighted by Crippen LogP contribution is 2.21. The molecule has 0 saturated heterocycles. The van der Waals surface area contributed by atoms with Crippen LogP contribution in [-0.2, 0) is 14.1 Å². The van der Waals surface area contributed by atoms with Crippen molar-refractivity contribution < 1.29 is 0 Å². The van der Waals surface area contributed by atoms with Crippen molar-refractivity contribution in [1.29, 1.82) is 0 Å². The monoisotopic (exact) mass is 313 g/mol. The molecule has 0 atom stereocenters. The molecule has 7 heteroatoms. The molecule has 2 aliphatic rings. The van der Waals surface area contributed by atoms with Crippen molar-refractivity contribution >= 4 is 35.7 Å². The highest BCUT2D eigenvalue weighted by Gasteiger charge is 2.16. The minimum Gasteiger partial charge on any atom is -0.328 e. The van der Waals surface area contributed by atoms with E-state index < -0.39 is 5.69 Å². The van der Waals surface area contributed by atoms with E-state index in [9.17, 15) is 9.59 Å². The number of halogens is 2. The number of para-hydroxylation sites is 1. The summed E-state index contributed by atoms with van der Waals surface area (Å²) in [6, 6.07) is 9.46. The van der Waals surface area contributed by atoms with Crippen molar-refractivity contribution in [2.75, 3.05) is 0 Å². The molecule has 106 valence electrons. The lowest BCUT2D eigenvalue weighted by Gasteiger charge is -2.13. The van der Waals surface area contributed by atoms with Gasteiger partial charge in [-0.3, -0.25) is 9.36 Å². The largest absolute Gasteiger partial charge is 0.352 e. The van der Waals surface area contributed by atoms with Crippen LogP contribution >= 0.6 is 24.8 Å². The van der Waals surface area contributed by atoms with E-state index in [4.69, 9.17) is 0 Å². The first-order valence-electron chi connectivity index (χ1n) is 5.55. The second-order valence-corrected chi connectivity index (χ2v) is 4.26. The lowest BCUT2D eigenvalue weighted by Crippen LogP contribution is -2.35. The molecule has 2 aliphatic heterocycles. The van der Waals surface area contributed by atoms with E-state index in [1.165, 1.54) is 7.05 Å². The van der Waals surface area contributed by atoms with Gasteiger partial charge in [0.05, 0.1) is 5.56 Å². The van der Waals surface area contributed by atoms with Crippen LogP contribution in [0.2, 0.25) is 0 Å². The molecule has 0 radical (unpaired) electrons. The molecular weight excluding hydrogens is 301 g/mol. The Morgan fingerprint density at radius 2 is 1.65 bits per heavy atom. The van der Waals surface area contributed by atoms with Gasteiger partial charge in [-0.2, -0.15) is 4.98 Å². The van der Waals surface area contributed by atoms with Crippen LogP contribution in [0.3, 0.4) is 0 Å². The Hall–Kier alpha value is -1.85. The SMILES string of the molecule is Cl.Cl.Cn1c(=O)nc2n(C)c3ccccc3cc-2c1=O. The Kier molecular flexibility index (Phi) is 4.57. The average molecular weight is 314 g/mol. The Bertz CT molecular complexity index is 854. The Labute approximate surface area is 127 Å². The molecule has 0 aliphatic carbocycles. The summed E-state index contributed by atoms with van der Waals surface area (Å²) in [7, 11) is 3.24. The third-order valence-corrected chi connectivity index (χ3v) is 3.18. The smallest absolute Gasteiger partial charge is 0.328 e. The number of aromatic nitrogens is 3. The molecule has 1 aromatic carbocycles. The van der Waals surface area contributed by atoms with Crippen molar-refractivity contribution in [3.05, 3.63) is 51.2 Å². The predicted molar refractivity (Wildman–Crippen MR) is 83.3 cm³/mol. The Morgan fingerprint density at radius 3 is 2.35 bits per heavy atom. The summed E-state index contributed by atoms with van der Waals surface area (Å²) in [4.78, 5) is 27.6. The zero-order valence-electron chi connectivity index (χ0n) is 10.9. The van der Waals surface area contributed by atoms with Crippen LogP contribution in [0.25, 0.3) is 22.3 Å². The van der Waals surface area contributed by atoms with Crippen LogP contribution in [0.4, 0.5) is 0 Å². The maximum Gasteiger partial charge on any atom is 0.352 e. The first kappa shape index (κ1) is 16.2. The number of benzene rings is 1. The number of hydrogen-bond donors (Lipinski definition) is 0. The van der Waals surface area contributed by atoms with Crippen LogP contribution < -0.4 is 11.2 Å². The summed E-state index contributed by atoms with van der Waals surface area (Å²) in [5.74, 6) is 0.418. The van der Waals surface area contributed by atoms with Crippen LogP contribution in [0, 0.1) is 0 Å². The predicted octanol–water partition coefficient (Wildman–Crippen LogP) is 1.58. The fourth-order valence-corrected chi connectivity index (χ4v) is 2.16. The van der Waals surface area contributed by atoms with Crippen molar-refractivity contribution in [1.82, 2.24) is 14.1 Å². The summed E-state index contributed by atoms with van der Waals surface area (Å²) < 4.78 is 2.80. The second kappa shape index (κ2) is 5.64. The van der Waals surface area contributed by atoms with E-state index >= 15 is 0 Å². The molecule has 0 fully saturated rings. The van der Waals surface area contributed by atoms with E-state index in [-0.39, 0.29) is 30.4 Å². The number of nitrogens with zero attached hydrogens (tertiary/aromatic N) is 3. The van der Waals surface area contributed by atoms with E-state index in [1.807, 2.05) is 24.3 Å². The van der Waals surface area contributed by atoms with Crippen LogP contribution in [0.15, 0.2) is 39.9 Å². The summed E-state index contributed by atoms with van der Waals surface area (Å²) >= 11 is 0. The zero-order valence-corrected chi connectivity index (χ0v) is 12.5. The quantitative estimate of drug-likeness (QED) is 0.592. The fourth-order valence-electron chi connectivity index (χ4n) is 2.16. The van der Waals surface area contributed by atoms with E-state index in [2.05, 4.69) is 4.98 Å². The third-order valence-electron chi connectivity index (χ3n) is 3.18. The molecule has 0 amide bonds. The second-order valence-electron chi connectivity index (χ2n) is 4.26. The van der Waals surface area contributed by atoms with Crippen LogP contribution in [0.5, 0.6) is 0 Å². The molecule has 0 N–H and O–H groups in total. The molecule has 20 heavy (non-hydrogen) atoms. The molecule has 0 unspecified atom stereocenters. The van der Waals surface area contributed by atoms with E-state index in [0.717, 1.165) is 15.5 Å². The van der Waals surface area contributed by atoms with Crippen molar-refractivity contribution in [3.8, 4) is 11.4 Å². The van der Waals surface area contributed by atoms with Gasteiger partial charge in [-0.05, 0) is 17.5 Å². The number of fused-ring (bicyclic) bond motifs is 2. The van der Waals surface area contributed by atoms with Crippen LogP contribution in [-0.4, -0.2) is 14.1 Å². The lowest BCUT2D eigenvalue weighted by atomic mass is 10.1. The molecule has 0 saturated carbocycles. The highest BCUT2D eigenvalue weighted by molar-refractivity contribution is 5.86. The minimum absolute atomic E-state index is 0. The molecule has 0 aromatic heterocycles. The fraction of sp³-hybridized carbons (Fsp3) is 0.154. The molecule has 1 aromatic rings. The van der Waals surface area contributed by atoms with Gasteiger partial charge in [0.2, 0.25) is 0 Å². The van der Waals surface area contributed by atoms with Gasteiger partial charge in [0, 0.05) is 19.6 Å². The van der Waals surface area contributed by atoms with Crippen molar-refractivity contribution in [2.24, 2.45) is 14.1 Å². The normalized spacial score (nSPS) is 10.1. The van der Waals surface area contributed by atoms with E-state index in [0.29, 0.717) is 11.4 Å². The first-order valence-corrected chi connectivity index (χ1v) is 5.55. The topological polar surface area (TPSA) is 56.9 Å². The van der Waals surface area contributed by atoms with Crippen molar-refractivity contribution in [3.63, 3.8) is 0 Å². The maximum absolute atomic E-state index is 12.1. The van der Waals surface area contributed by atoms with Gasteiger partial charge in [-0.15, -0.1) is 24.8 Å². The van der Waals surface area contributed by atoms with Crippen molar-refractivity contribution in [2.45, 2.75) is 0 Å². The van der Waals surface area contributed by atoms with Crippen LogP contribution in [0.1, 0.15) is 0 Å². The molecule has 2 heterocycles. The number of pyridine rings is 1. The first-order chi connectivity index (χ1) is 8.59. The van der Waals surface area contributed by atoms with Gasteiger partial charge < -0.3 is 4.57 Å². The molecular formula is C13H13Cl2N3O2. The maximum atomic E-state index is 12.1. The highest BCUT2D eigenvalue weighted by atomic mass is 35.5. The summed E-state index contributed by atoms with van der Waals surface area (Å²) in [6.07, 6.45) is 0. The van der Waals surface area contributed by atoms with Gasteiger partial charge in [-0.1, -0.05) is 18.2 Å². The van der Waals surface area contributed by atoms with E-state index in [1.54, 1.807) is 17.7 Å². The Morgan fingerprint density at radius 1 is 1.00 bits per heavy atom. The van der Waals surface area contributed by atoms with Gasteiger partial charge in [0.1, 0.15) is 0 Å². The molecule has 3 rings (SSSR count). The average Bonchev–Trinajstić information content (AvgIpc) is 2.38. The molecule has 5 nitrogen and oxygen atoms in total. The lowest BCUT2D eigenvalue weighted by molar-refractivity contribution is 0.757. The van der Waals surface area contributed by atoms with Gasteiger partial charge in [0.15, 0.2) is 5.82 Å². The summed E-state index contributed by atoms with van der Waals surface area (Å²) in [5, 5.41) is 0.949. The van der Waals surface area contributed by atoms with Gasteiger partial charge >= 0.3 is 5.69 Å². The number of hydrogen-bond acceptors (Lipinski definition) is 3. The van der Waals surface area contributed by atoms with Gasteiger partial charge in [-0.25, -0.2) is 4.79 Å². The molecule has 0 spiro atoms. The number of rotatable bonds is 0. The summed E-state index contributed by atoms with van der Waals surface area (Å²) in [6.45, 7) is 0. The summed E-state index contributed by atoms with van der Waals surface area (Å²) in [5.41, 5.74) is 0.549. The minimum atomic E-state index is -0.529. The third kappa shape index (κ3) is 2.19. The standard InChI is InChI=1S/C13H11N3O2.2ClH/c1-15-10-6-4-3-5-8(10)7-9-11(15)14-13(18)16(2)12(9)17;;/h3-7H,1-2H3;2*1H. The van der Waals surface area contributed by atoms with Gasteiger partial charge in [0.25, 0.3) is 5.56 Å². The number of aryl methyl sites for hydroxylation is 1. The molecule has 0 bridgehead atoms. The zero-order chi connectivity index (χ0) is 12.9. The Balaban J connectivity index is 0.000001000.